The third-order valence-corrected chi connectivity index (χ3v) is 3.28. The highest BCUT2D eigenvalue weighted by molar-refractivity contribution is 5.74. The molecule has 2 rings (SSSR count). The normalized spacial score (nSPS) is 11.3. The summed E-state index contributed by atoms with van der Waals surface area (Å²) in [6, 6.07) is 8.49. The summed E-state index contributed by atoms with van der Waals surface area (Å²) in [6.45, 7) is 5.51. The van der Waals surface area contributed by atoms with Crippen molar-refractivity contribution >= 4 is 17.1 Å². The molecule has 0 saturated heterocycles. The molecule has 0 bridgehead atoms. The van der Waals surface area contributed by atoms with Crippen LogP contribution in [0.4, 0.5) is 6.01 Å². The van der Waals surface area contributed by atoms with Gasteiger partial charge in [0.1, 0.15) is 5.52 Å². The third-order valence-electron chi connectivity index (χ3n) is 3.28. The summed E-state index contributed by atoms with van der Waals surface area (Å²) >= 11 is 0. The first-order valence-corrected chi connectivity index (χ1v) is 7.35. The number of nitrogens with one attached hydrogen (secondary N) is 1. The van der Waals surface area contributed by atoms with Crippen molar-refractivity contribution in [2.45, 2.75) is 46.0 Å². The lowest BCUT2D eigenvalue weighted by Gasteiger charge is -2.04. The van der Waals surface area contributed by atoms with E-state index in [0.717, 1.165) is 23.6 Å². The first-order valence-electron chi connectivity index (χ1n) is 7.35. The molecule has 1 N–H and O–H groups in total. The molecule has 0 fully saturated rings. The second-order valence-electron chi connectivity index (χ2n) is 5.51. The summed E-state index contributed by atoms with van der Waals surface area (Å²) < 4.78 is 5.60. The number of nitrogens with zero attached hydrogens (tertiary/aromatic N) is 1. The molecule has 0 aliphatic rings. The van der Waals surface area contributed by atoms with Crippen molar-refractivity contribution in [1.82, 2.24) is 4.98 Å². The maximum Gasteiger partial charge on any atom is 0.295 e. The summed E-state index contributed by atoms with van der Waals surface area (Å²) in [4.78, 5) is 4.39. The SMILES string of the molecule is CC(C)CCCCCCNc1nc2ccccc2o1. The van der Waals surface area contributed by atoms with Gasteiger partial charge in [0.25, 0.3) is 6.01 Å². The summed E-state index contributed by atoms with van der Waals surface area (Å²) in [5.74, 6) is 0.831. The number of benzene rings is 1. The quantitative estimate of drug-likeness (QED) is 0.690. The average molecular weight is 260 g/mol. The lowest BCUT2D eigenvalue weighted by molar-refractivity contribution is 0.521. The molecule has 2 aromatic rings. The molecule has 0 unspecified atom stereocenters. The largest absolute Gasteiger partial charge is 0.424 e. The summed E-state index contributed by atoms with van der Waals surface area (Å²) in [5.41, 5.74) is 1.77. The smallest absolute Gasteiger partial charge is 0.295 e. The number of hydrogen-bond acceptors (Lipinski definition) is 3. The number of fused-ring (bicyclic) bond motifs is 1. The molecule has 3 heteroatoms. The number of anilines is 1. The van der Waals surface area contributed by atoms with Crippen molar-refractivity contribution in [3.8, 4) is 0 Å². The Morgan fingerprint density at radius 1 is 1.11 bits per heavy atom. The average Bonchev–Trinajstić information content (AvgIpc) is 2.79. The molecule has 1 heterocycles. The minimum Gasteiger partial charge on any atom is -0.424 e. The molecule has 104 valence electrons. The minimum atomic E-state index is 0.642. The van der Waals surface area contributed by atoms with Crippen LogP contribution in [0.25, 0.3) is 11.1 Å². The van der Waals surface area contributed by atoms with Crippen LogP contribution >= 0.6 is 0 Å². The second-order valence-corrected chi connectivity index (χ2v) is 5.51. The van der Waals surface area contributed by atoms with Crippen LogP contribution in [0.15, 0.2) is 28.7 Å². The highest BCUT2D eigenvalue weighted by atomic mass is 16.4. The van der Waals surface area contributed by atoms with Crippen molar-refractivity contribution in [1.29, 1.82) is 0 Å². The molecule has 0 radical (unpaired) electrons. The van der Waals surface area contributed by atoms with Crippen LogP contribution in [0.1, 0.15) is 46.0 Å². The van der Waals surface area contributed by atoms with Gasteiger partial charge in [0, 0.05) is 6.54 Å². The predicted octanol–water partition coefficient (Wildman–Crippen LogP) is 4.85. The molecule has 1 aromatic carbocycles. The Balaban J connectivity index is 1.63. The number of unbranched alkanes of at least 4 members (excludes halogenated alkanes) is 3. The van der Waals surface area contributed by atoms with Crippen molar-refractivity contribution in [3.63, 3.8) is 0 Å². The molecule has 0 spiro atoms. The first-order chi connectivity index (χ1) is 9.25. The number of oxazole rings is 1. The number of aromatic nitrogens is 1. The summed E-state index contributed by atoms with van der Waals surface area (Å²) in [5, 5.41) is 3.26. The minimum absolute atomic E-state index is 0.642. The number of hydrogen-bond donors (Lipinski definition) is 1. The van der Waals surface area contributed by atoms with Gasteiger partial charge in [0.05, 0.1) is 0 Å². The van der Waals surface area contributed by atoms with Crippen LogP contribution in [0, 0.1) is 5.92 Å². The van der Waals surface area contributed by atoms with Gasteiger partial charge in [-0.2, -0.15) is 4.98 Å². The van der Waals surface area contributed by atoms with E-state index in [2.05, 4.69) is 24.1 Å². The van der Waals surface area contributed by atoms with E-state index in [4.69, 9.17) is 4.42 Å². The molecule has 0 saturated carbocycles. The Morgan fingerprint density at radius 3 is 2.68 bits per heavy atom. The number of para-hydroxylation sites is 2. The van der Waals surface area contributed by atoms with Crippen LogP contribution in [0.5, 0.6) is 0 Å². The van der Waals surface area contributed by atoms with Gasteiger partial charge in [-0.3, -0.25) is 0 Å². The Kier molecular flexibility index (Phi) is 5.25. The molecule has 0 atom stereocenters. The topological polar surface area (TPSA) is 38.1 Å². The Labute approximate surface area is 115 Å². The Hall–Kier alpha value is -1.51. The third kappa shape index (κ3) is 4.58. The standard InChI is InChI=1S/C16H24N2O/c1-13(2)9-5-3-4-8-12-17-16-18-14-10-6-7-11-15(14)19-16/h6-7,10-11,13H,3-5,8-9,12H2,1-2H3,(H,17,18). The highest BCUT2D eigenvalue weighted by Gasteiger charge is 2.03. The Bertz CT molecular complexity index is 457. The maximum absolute atomic E-state index is 5.60. The van der Waals surface area contributed by atoms with Crippen molar-refractivity contribution in [2.75, 3.05) is 11.9 Å². The van der Waals surface area contributed by atoms with Gasteiger partial charge in [0.2, 0.25) is 0 Å². The Morgan fingerprint density at radius 2 is 1.89 bits per heavy atom. The monoisotopic (exact) mass is 260 g/mol. The molecule has 0 aliphatic carbocycles. The van der Waals surface area contributed by atoms with E-state index in [1.165, 1.54) is 32.1 Å². The fourth-order valence-electron chi connectivity index (χ4n) is 2.17. The van der Waals surface area contributed by atoms with E-state index in [1.807, 2.05) is 24.3 Å². The molecular weight excluding hydrogens is 236 g/mol. The zero-order chi connectivity index (χ0) is 13.5. The van der Waals surface area contributed by atoms with Gasteiger partial charge in [-0.15, -0.1) is 0 Å². The zero-order valence-corrected chi connectivity index (χ0v) is 12.0. The van der Waals surface area contributed by atoms with E-state index in [0.29, 0.717) is 6.01 Å². The van der Waals surface area contributed by atoms with Crippen molar-refractivity contribution in [2.24, 2.45) is 5.92 Å². The van der Waals surface area contributed by atoms with Crippen molar-refractivity contribution < 1.29 is 4.42 Å². The van der Waals surface area contributed by atoms with Gasteiger partial charge in [0.15, 0.2) is 5.58 Å². The maximum atomic E-state index is 5.60. The molecule has 19 heavy (non-hydrogen) atoms. The predicted molar refractivity (Wildman–Crippen MR) is 80.4 cm³/mol. The van der Waals surface area contributed by atoms with Crippen LogP contribution < -0.4 is 5.32 Å². The number of rotatable bonds is 8. The van der Waals surface area contributed by atoms with E-state index in [-0.39, 0.29) is 0 Å². The van der Waals surface area contributed by atoms with Crippen molar-refractivity contribution in [3.05, 3.63) is 24.3 Å². The fourth-order valence-corrected chi connectivity index (χ4v) is 2.17. The van der Waals surface area contributed by atoms with Gasteiger partial charge in [-0.1, -0.05) is 51.7 Å². The lowest BCUT2D eigenvalue weighted by atomic mass is 10.0. The van der Waals surface area contributed by atoms with E-state index in [9.17, 15) is 0 Å². The summed E-state index contributed by atoms with van der Waals surface area (Å²) in [7, 11) is 0. The van der Waals surface area contributed by atoms with Gasteiger partial charge < -0.3 is 9.73 Å². The lowest BCUT2D eigenvalue weighted by Crippen LogP contribution is -2.01. The van der Waals surface area contributed by atoms with Gasteiger partial charge in [-0.25, -0.2) is 0 Å². The summed E-state index contributed by atoms with van der Waals surface area (Å²) in [6.07, 6.45) is 6.48. The second kappa shape index (κ2) is 7.17. The molecule has 3 nitrogen and oxygen atoms in total. The van der Waals surface area contributed by atoms with E-state index < -0.39 is 0 Å². The van der Waals surface area contributed by atoms with Crippen LogP contribution in [-0.2, 0) is 0 Å². The van der Waals surface area contributed by atoms with E-state index >= 15 is 0 Å². The van der Waals surface area contributed by atoms with Crippen LogP contribution in [-0.4, -0.2) is 11.5 Å². The fraction of sp³-hybridized carbons (Fsp3) is 0.562. The van der Waals surface area contributed by atoms with Gasteiger partial charge >= 0.3 is 0 Å². The molecule has 1 aromatic heterocycles. The van der Waals surface area contributed by atoms with E-state index in [1.54, 1.807) is 0 Å². The van der Waals surface area contributed by atoms with Crippen LogP contribution in [0.3, 0.4) is 0 Å². The molecule has 0 aliphatic heterocycles. The molecule has 0 amide bonds. The van der Waals surface area contributed by atoms with Gasteiger partial charge in [-0.05, 0) is 24.5 Å². The molecular formula is C16H24N2O. The first kappa shape index (κ1) is 13.9. The van der Waals surface area contributed by atoms with Crippen LogP contribution in [0.2, 0.25) is 0 Å². The highest BCUT2D eigenvalue weighted by Crippen LogP contribution is 2.18. The zero-order valence-electron chi connectivity index (χ0n) is 12.0.